The summed E-state index contributed by atoms with van der Waals surface area (Å²) in [5, 5.41) is 0. The monoisotopic (exact) mass is 178 g/mol. The Hall–Kier alpha value is 0.0569. The Morgan fingerprint density at radius 2 is 1.36 bits per heavy atom. The first-order valence-corrected chi connectivity index (χ1v) is 6.15. The first-order valence-electron chi connectivity index (χ1n) is 3.92. The molecule has 68 valence electrons. The maximum atomic E-state index is 5.52. The summed E-state index contributed by atoms with van der Waals surface area (Å²) in [6.07, 6.45) is 0.871. The maximum Gasteiger partial charge on any atom is 0.366 e. The molecule has 0 aliphatic heterocycles. The van der Waals surface area contributed by atoms with Crippen LogP contribution in [-0.2, 0) is 8.85 Å². The van der Waals surface area contributed by atoms with E-state index in [0.717, 1.165) is 0 Å². The van der Waals surface area contributed by atoms with E-state index in [-0.39, 0.29) is 0 Å². The standard InChI is InChI=1S/C6H18N2O2Si/c1-3-9-11(5-7,6-8)10-4-2/h3-8H2,1-2H3. The van der Waals surface area contributed by atoms with Gasteiger partial charge in [-0.15, -0.1) is 0 Å². The van der Waals surface area contributed by atoms with E-state index in [9.17, 15) is 0 Å². The Kier molecular flexibility index (Phi) is 5.70. The molecule has 0 fully saturated rings. The van der Waals surface area contributed by atoms with Crippen LogP contribution in [-0.4, -0.2) is 34.1 Å². The lowest BCUT2D eigenvalue weighted by molar-refractivity contribution is 0.185. The van der Waals surface area contributed by atoms with Gasteiger partial charge in [-0.05, 0) is 13.8 Å². The highest BCUT2D eigenvalue weighted by molar-refractivity contribution is 6.67. The first-order chi connectivity index (χ1) is 5.24. The number of nitrogens with two attached hydrogens (primary N) is 2. The second-order valence-corrected chi connectivity index (χ2v) is 5.40. The average molecular weight is 178 g/mol. The third kappa shape index (κ3) is 3.30. The van der Waals surface area contributed by atoms with Crippen LogP contribution in [0.2, 0.25) is 0 Å². The summed E-state index contributed by atoms with van der Waals surface area (Å²) >= 11 is 0. The molecule has 0 saturated heterocycles. The van der Waals surface area contributed by atoms with Gasteiger partial charge < -0.3 is 20.3 Å². The molecule has 4 N–H and O–H groups in total. The molecule has 0 radical (unpaired) electrons. The summed E-state index contributed by atoms with van der Waals surface area (Å²) in [4.78, 5) is 0. The van der Waals surface area contributed by atoms with Gasteiger partial charge in [-0.25, -0.2) is 0 Å². The molecular formula is C6H18N2O2Si. The molecule has 0 rings (SSSR count). The molecule has 5 heteroatoms. The van der Waals surface area contributed by atoms with Gasteiger partial charge in [0.1, 0.15) is 0 Å². The Labute approximate surface area is 69.1 Å². The third-order valence-corrected chi connectivity index (χ3v) is 4.31. The average Bonchev–Trinajstić information content (AvgIpc) is 2.04. The van der Waals surface area contributed by atoms with Crippen LogP contribution in [0.15, 0.2) is 0 Å². The van der Waals surface area contributed by atoms with Gasteiger partial charge in [-0.2, -0.15) is 0 Å². The second kappa shape index (κ2) is 5.67. The van der Waals surface area contributed by atoms with Gasteiger partial charge in [0, 0.05) is 25.5 Å². The molecule has 0 aromatic rings. The maximum absolute atomic E-state index is 5.52. The predicted octanol–water partition coefficient (Wildman–Crippen LogP) is -0.503. The smallest absolute Gasteiger partial charge is 0.366 e. The van der Waals surface area contributed by atoms with Crippen molar-refractivity contribution in [1.29, 1.82) is 0 Å². The summed E-state index contributed by atoms with van der Waals surface area (Å²) in [6, 6.07) is 0. The largest absolute Gasteiger partial charge is 0.393 e. The topological polar surface area (TPSA) is 70.5 Å². The van der Waals surface area contributed by atoms with Gasteiger partial charge in [-0.3, -0.25) is 0 Å². The van der Waals surface area contributed by atoms with Gasteiger partial charge in [0.15, 0.2) is 0 Å². The fourth-order valence-corrected chi connectivity index (χ4v) is 2.66. The van der Waals surface area contributed by atoms with Crippen molar-refractivity contribution >= 4 is 8.56 Å². The van der Waals surface area contributed by atoms with Crippen molar-refractivity contribution in [3.05, 3.63) is 0 Å². The molecule has 0 spiro atoms. The van der Waals surface area contributed by atoms with Crippen molar-refractivity contribution in [2.45, 2.75) is 13.8 Å². The Morgan fingerprint density at radius 1 is 1.00 bits per heavy atom. The van der Waals surface area contributed by atoms with Crippen LogP contribution in [0.25, 0.3) is 0 Å². The normalized spacial score (nSPS) is 12.0. The minimum Gasteiger partial charge on any atom is -0.393 e. The van der Waals surface area contributed by atoms with Crippen LogP contribution in [0, 0.1) is 0 Å². The lowest BCUT2D eigenvalue weighted by atomic mass is 10.9. The van der Waals surface area contributed by atoms with Crippen LogP contribution in [0.3, 0.4) is 0 Å². The molecule has 0 saturated carbocycles. The molecule has 0 aliphatic rings. The third-order valence-electron chi connectivity index (χ3n) is 1.44. The minimum atomic E-state index is -2.19. The summed E-state index contributed by atoms with van der Waals surface area (Å²) in [7, 11) is -2.19. The number of hydrogen-bond donors (Lipinski definition) is 2. The SMILES string of the molecule is CCO[Si](CN)(CN)OCC. The fraction of sp³-hybridized carbons (Fsp3) is 1.00. The van der Waals surface area contributed by atoms with E-state index >= 15 is 0 Å². The predicted molar refractivity (Wildman–Crippen MR) is 47.1 cm³/mol. The van der Waals surface area contributed by atoms with Crippen molar-refractivity contribution in [1.82, 2.24) is 0 Å². The van der Waals surface area contributed by atoms with Gasteiger partial charge in [0.25, 0.3) is 0 Å². The summed E-state index contributed by atoms with van der Waals surface area (Å²) in [5.74, 6) is 0. The molecule has 0 aromatic heterocycles. The van der Waals surface area contributed by atoms with Gasteiger partial charge in [0.2, 0.25) is 0 Å². The molecule has 0 aromatic carbocycles. The number of hydrogen-bond acceptors (Lipinski definition) is 4. The Bertz CT molecular complexity index is 90.6. The lowest BCUT2D eigenvalue weighted by Crippen LogP contribution is -2.56. The van der Waals surface area contributed by atoms with Gasteiger partial charge in [0.05, 0.1) is 0 Å². The van der Waals surface area contributed by atoms with Gasteiger partial charge in [-0.1, -0.05) is 0 Å². The van der Waals surface area contributed by atoms with Crippen molar-refractivity contribution in [3.8, 4) is 0 Å². The molecule has 0 unspecified atom stereocenters. The van der Waals surface area contributed by atoms with E-state index < -0.39 is 8.56 Å². The second-order valence-electron chi connectivity index (χ2n) is 2.18. The van der Waals surface area contributed by atoms with Crippen LogP contribution < -0.4 is 11.5 Å². The Balaban J connectivity index is 3.96. The van der Waals surface area contributed by atoms with E-state index in [1.165, 1.54) is 0 Å². The number of rotatable bonds is 6. The zero-order chi connectivity index (χ0) is 8.74. The molecule has 11 heavy (non-hydrogen) atoms. The fourth-order valence-electron chi connectivity index (χ4n) is 0.887. The summed E-state index contributed by atoms with van der Waals surface area (Å²) in [5.41, 5.74) is 11.0. The van der Waals surface area contributed by atoms with Crippen LogP contribution in [0.4, 0.5) is 0 Å². The minimum absolute atomic E-state index is 0.436. The highest BCUT2D eigenvalue weighted by Gasteiger charge is 2.33. The molecule has 0 heterocycles. The van der Waals surface area contributed by atoms with Crippen molar-refractivity contribution in [3.63, 3.8) is 0 Å². The van der Waals surface area contributed by atoms with Crippen LogP contribution in [0.5, 0.6) is 0 Å². The van der Waals surface area contributed by atoms with Crippen LogP contribution in [0.1, 0.15) is 13.8 Å². The van der Waals surface area contributed by atoms with Crippen molar-refractivity contribution in [2.75, 3.05) is 25.5 Å². The van der Waals surface area contributed by atoms with E-state index in [2.05, 4.69) is 0 Å². The molecular weight excluding hydrogens is 160 g/mol. The molecule has 0 aliphatic carbocycles. The highest BCUT2D eigenvalue weighted by atomic mass is 28.4. The van der Waals surface area contributed by atoms with E-state index in [0.29, 0.717) is 25.5 Å². The molecule has 4 nitrogen and oxygen atoms in total. The van der Waals surface area contributed by atoms with Crippen molar-refractivity contribution < 1.29 is 8.85 Å². The Morgan fingerprint density at radius 3 is 1.55 bits per heavy atom. The molecule has 0 bridgehead atoms. The lowest BCUT2D eigenvalue weighted by Gasteiger charge is -2.26. The van der Waals surface area contributed by atoms with E-state index in [1.807, 2.05) is 13.8 Å². The van der Waals surface area contributed by atoms with Gasteiger partial charge >= 0.3 is 8.56 Å². The highest BCUT2D eigenvalue weighted by Crippen LogP contribution is 2.02. The zero-order valence-corrected chi connectivity index (χ0v) is 8.30. The first kappa shape index (κ1) is 11.1. The quantitative estimate of drug-likeness (QED) is 0.538. The van der Waals surface area contributed by atoms with Crippen molar-refractivity contribution in [2.24, 2.45) is 11.5 Å². The molecule has 0 amide bonds. The van der Waals surface area contributed by atoms with Crippen LogP contribution >= 0.6 is 0 Å². The molecule has 0 atom stereocenters. The zero-order valence-electron chi connectivity index (χ0n) is 7.30. The summed E-state index contributed by atoms with van der Waals surface area (Å²) in [6.45, 7) is 5.10. The van der Waals surface area contributed by atoms with E-state index in [4.69, 9.17) is 20.3 Å². The summed E-state index contributed by atoms with van der Waals surface area (Å²) < 4.78 is 10.9. The van der Waals surface area contributed by atoms with E-state index in [1.54, 1.807) is 0 Å².